The third kappa shape index (κ3) is 4.31. The number of carbonyl (C=O) groups excluding carboxylic acids is 1. The van der Waals surface area contributed by atoms with Gasteiger partial charge in [-0.1, -0.05) is 0 Å². The molecule has 0 bridgehead atoms. The van der Waals surface area contributed by atoms with E-state index in [2.05, 4.69) is 26.6 Å². The zero-order chi connectivity index (χ0) is 14.4. The molecule has 0 aliphatic carbocycles. The van der Waals surface area contributed by atoms with Gasteiger partial charge in [0.05, 0.1) is 13.2 Å². The molecule has 0 unspecified atom stereocenters. The standard InChI is InChI=1S/C14H15BrN2O3/c1-2-19-14(18)17-11-5-3-10(4-6-11)16-9-12-7-8-13(15)20-12/h3-8,16H,2,9H2,1H3,(H,17,18). The second-order valence-corrected chi connectivity index (χ2v) is 4.76. The molecule has 5 nitrogen and oxygen atoms in total. The van der Waals surface area contributed by atoms with E-state index in [1.54, 1.807) is 19.1 Å². The molecule has 0 fully saturated rings. The lowest BCUT2D eigenvalue weighted by atomic mass is 10.2. The van der Waals surface area contributed by atoms with E-state index in [0.29, 0.717) is 23.5 Å². The first kappa shape index (κ1) is 14.5. The number of carbonyl (C=O) groups is 1. The van der Waals surface area contributed by atoms with Gasteiger partial charge >= 0.3 is 6.09 Å². The molecule has 2 N–H and O–H groups in total. The van der Waals surface area contributed by atoms with Gasteiger partial charge in [-0.25, -0.2) is 4.79 Å². The number of anilines is 2. The average molecular weight is 339 g/mol. The summed E-state index contributed by atoms with van der Waals surface area (Å²) in [4.78, 5) is 11.2. The van der Waals surface area contributed by atoms with Crippen molar-refractivity contribution < 1.29 is 13.9 Å². The fourth-order valence-electron chi connectivity index (χ4n) is 1.59. The minimum Gasteiger partial charge on any atom is -0.452 e. The Bertz CT molecular complexity index is 566. The highest BCUT2D eigenvalue weighted by atomic mass is 79.9. The summed E-state index contributed by atoms with van der Waals surface area (Å²) < 4.78 is 10.9. The number of hydrogen-bond donors (Lipinski definition) is 2. The number of furan rings is 1. The molecule has 1 amide bonds. The normalized spacial score (nSPS) is 10.1. The van der Waals surface area contributed by atoms with Gasteiger partial charge in [-0.3, -0.25) is 5.32 Å². The maximum absolute atomic E-state index is 11.2. The molecule has 6 heteroatoms. The van der Waals surface area contributed by atoms with E-state index in [4.69, 9.17) is 9.15 Å². The SMILES string of the molecule is CCOC(=O)Nc1ccc(NCc2ccc(Br)o2)cc1. The van der Waals surface area contributed by atoms with Crippen molar-refractivity contribution >= 4 is 33.4 Å². The van der Waals surface area contributed by atoms with Gasteiger partial charge in [0.1, 0.15) is 5.76 Å². The summed E-state index contributed by atoms with van der Waals surface area (Å²) in [6, 6.07) is 11.1. The maximum Gasteiger partial charge on any atom is 0.411 e. The smallest absolute Gasteiger partial charge is 0.411 e. The van der Waals surface area contributed by atoms with E-state index >= 15 is 0 Å². The summed E-state index contributed by atoms with van der Waals surface area (Å²) in [5.41, 5.74) is 1.63. The van der Waals surface area contributed by atoms with Crippen LogP contribution >= 0.6 is 15.9 Å². The van der Waals surface area contributed by atoms with Gasteiger partial charge in [-0.05, 0) is 59.3 Å². The number of benzene rings is 1. The first-order valence-electron chi connectivity index (χ1n) is 6.19. The van der Waals surface area contributed by atoms with Crippen molar-refractivity contribution in [3.63, 3.8) is 0 Å². The molecular formula is C14H15BrN2O3. The molecule has 20 heavy (non-hydrogen) atoms. The van der Waals surface area contributed by atoms with E-state index in [1.165, 1.54) is 0 Å². The van der Waals surface area contributed by atoms with Crippen molar-refractivity contribution in [1.29, 1.82) is 0 Å². The lowest BCUT2D eigenvalue weighted by molar-refractivity contribution is 0.168. The molecule has 2 rings (SSSR count). The molecule has 0 atom stereocenters. The summed E-state index contributed by atoms with van der Waals surface area (Å²) in [5.74, 6) is 0.839. The average Bonchev–Trinajstić information content (AvgIpc) is 2.84. The van der Waals surface area contributed by atoms with Crippen LogP contribution < -0.4 is 10.6 Å². The van der Waals surface area contributed by atoms with Gasteiger partial charge in [0.15, 0.2) is 4.67 Å². The van der Waals surface area contributed by atoms with Crippen molar-refractivity contribution in [3.8, 4) is 0 Å². The van der Waals surface area contributed by atoms with E-state index in [1.807, 2.05) is 24.3 Å². The molecule has 1 aromatic carbocycles. The Balaban J connectivity index is 1.86. The number of hydrogen-bond acceptors (Lipinski definition) is 4. The Labute approximate surface area is 125 Å². The monoisotopic (exact) mass is 338 g/mol. The summed E-state index contributed by atoms with van der Waals surface area (Å²) >= 11 is 3.26. The first-order valence-corrected chi connectivity index (χ1v) is 6.98. The van der Waals surface area contributed by atoms with E-state index < -0.39 is 6.09 Å². The molecule has 1 aromatic heterocycles. The van der Waals surface area contributed by atoms with Crippen molar-refractivity contribution in [3.05, 3.63) is 46.8 Å². The summed E-state index contributed by atoms with van der Waals surface area (Å²) in [7, 11) is 0. The Hall–Kier alpha value is -1.95. The van der Waals surface area contributed by atoms with Crippen LogP contribution in [-0.2, 0) is 11.3 Å². The molecule has 0 aliphatic heterocycles. The number of amides is 1. The van der Waals surface area contributed by atoms with Crippen LogP contribution in [0.15, 0.2) is 45.5 Å². The third-order valence-electron chi connectivity index (χ3n) is 2.50. The molecule has 0 radical (unpaired) electrons. The molecule has 1 heterocycles. The molecule has 0 saturated heterocycles. The molecular weight excluding hydrogens is 324 g/mol. The third-order valence-corrected chi connectivity index (χ3v) is 2.93. The van der Waals surface area contributed by atoms with Crippen LogP contribution in [0, 0.1) is 0 Å². The highest BCUT2D eigenvalue weighted by molar-refractivity contribution is 9.10. The van der Waals surface area contributed by atoms with Crippen LogP contribution in [-0.4, -0.2) is 12.7 Å². The van der Waals surface area contributed by atoms with Crippen LogP contribution in [0.1, 0.15) is 12.7 Å². The Morgan fingerprint density at radius 3 is 2.50 bits per heavy atom. The summed E-state index contributed by atoms with van der Waals surface area (Å²) in [6.07, 6.45) is -0.450. The van der Waals surface area contributed by atoms with Crippen LogP contribution in [0.25, 0.3) is 0 Å². The van der Waals surface area contributed by atoms with Gasteiger partial charge in [-0.15, -0.1) is 0 Å². The lowest BCUT2D eigenvalue weighted by Crippen LogP contribution is -2.13. The van der Waals surface area contributed by atoms with Gasteiger partial charge in [0.25, 0.3) is 0 Å². The van der Waals surface area contributed by atoms with E-state index in [9.17, 15) is 4.79 Å². The molecule has 106 valence electrons. The van der Waals surface area contributed by atoms with E-state index in [0.717, 1.165) is 11.4 Å². The molecule has 0 spiro atoms. The van der Waals surface area contributed by atoms with Gasteiger partial charge < -0.3 is 14.5 Å². The highest BCUT2D eigenvalue weighted by Crippen LogP contribution is 2.17. The van der Waals surface area contributed by atoms with Crippen molar-refractivity contribution in [2.45, 2.75) is 13.5 Å². The number of rotatable bonds is 5. The second kappa shape index (κ2) is 7.00. The lowest BCUT2D eigenvalue weighted by Gasteiger charge is -2.07. The summed E-state index contributed by atoms with van der Waals surface area (Å²) in [5, 5.41) is 5.85. The predicted molar refractivity (Wildman–Crippen MR) is 80.8 cm³/mol. The Kier molecular flexibility index (Phi) is 5.06. The Morgan fingerprint density at radius 1 is 1.20 bits per heavy atom. The fraction of sp³-hybridized carbons (Fsp3) is 0.214. The topological polar surface area (TPSA) is 63.5 Å². The van der Waals surface area contributed by atoms with E-state index in [-0.39, 0.29) is 0 Å². The molecule has 2 aromatic rings. The van der Waals surface area contributed by atoms with Gasteiger partial charge in [0, 0.05) is 11.4 Å². The quantitative estimate of drug-likeness (QED) is 0.856. The predicted octanol–water partition coefficient (Wildman–Crippen LogP) is 4.22. The molecule has 0 saturated carbocycles. The first-order chi connectivity index (χ1) is 9.67. The van der Waals surface area contributed by atoms with Crippen molar-refractivity contribution in [2.24, 2.45) is 0 Å². The maximum atomic E-state index is 11.2. The number of halogens is 1. The zero-order valence-electron chi connectivity index (χ0n) is 11.0. The van der Waals surface area contributed by atoms with Crippen LogP contribution in [0.3, 0.4) is 0 Å². The minimum absolute atomic E-state index is 0.351. The zero-order valence-corrected chi connectivity index (χ0v) is 12.6. The van der Waals surface area contributed by atoms with Crippen molar-refractivity contribution in [2.75, 3.05) is 17.2 Å². The number of nitrogens with one attached hydrogen (secondary N) is 2. The van der Waals surface area contributed by atoms with Crippen LogP contribution in [0.4, 0.5) is 16.2 Å². The highest BCUT2D eigenvalue weighted by Gasteiger charge is 2.02. The summed E-state index contributed by atoms with van der Waals surface area (Å²) in [6.45, 7) is 2.71. The largest absolute Gasteiger partial charge is 0.452 e. The minimum atomic E-state index is -0.450. The van der Waals surface area contributed by atoms with Crippen LogP contribution in [0.2, 0.25) is 0 Å². The van der Waals surface area contributed by atoms with Gasteiger partial charge in [-0.2, -0.15) is 0 Å². The second-order valence-electron chi connectivity index (χ2n) is 3.98. The Morgan fingerprint density at radius 2 is 1.90 bits per heavy atom. The van der Waals surface area contributed by atoms with Crippen LogP contribution in [0.5, 0.6) is 0 Å². The number of ether oxygens (including phenoxy) is 1. The molecule has 0 aliphatic rings. The van der Waals surface area contributed by atoms with Crippen molar-refractivity contribution in [1.82, 2.24) is 0 Å². The fourth-order valence-corrected chi connectivity index (χ4v) is 1.93. The van der Waals surface area contributed by atoms with Gasteiger partial charge in [0.2, 0.25) is 0 Å².